The molecule has 1 rings (SSSR count). The zero-order valence-electron chi connectivity index (χ0n) is 7.16. The van der Waals surface area contributed by atoms with E-state index in [4.69, 9.17) is 10.8 Å². The van der Waals surface area contributed by atoms with Crippen LogP contribution in [0.5, 0.6) is 0 Å². The molecule has 1 aromatic rings. The van der Waals surface area contributed by atoms with Crippen LogP contribution in [-0.2, 0) is 11.3 Å². The number of nitrogens with two attached hydrogens (primary N) is 1. The van der Waals surface area contributed by atoms with Crippen molar-refractivity contribution >= 4 is 11.7 Å². The molecular formula is C9H12N2O2. The van der Waals surface area contributed by atoms with Gasteiger partial charge in [0.1, 0.15) is 0 Å². The highest BCUT2D eigenvalue weighted by Crippen LogP contribution is 2.05. The lowest BCUT2D eigenvalue weighted by atomic mass is 10.2. The summed E-state index contributed by atoms with van der Waals surface area (Å²) < 4.78 is 0. The van der Waals surface area contributed by atoms with E-state index in [9.17, 15) is 4.79 Å². The fourth-order valence-corrected chi connectivity index (χ4v) is 1.02. The first-order valence-corrected chi connectivity index (χ1v) is 3.95. The first-order valence-electron chi connectivity index (χ1n) is 3.95. The van der Waals surface area contributed by atoms with Gasteiger partial charge in [-0.25, -0.2) is 0 Å². The van der Waals surface area contributed by atoms with E-state index in [1.807, 2.05) is 18.2 Å². The van der Waals surface area contributed by atoms with E-state index in [2.05, 4.69) is 5.32 Å². The number of benzene rings is 1. The number of carboxylic acid groups (broad SMARTS) is 1. The Balaban J connectivity index is 2.41. The van der Waals surface area contributed by atoms with Gasteiger partial charge >= 0.3 is 5.97 Å². The van der Waals surface area contributed by atoms with Crippen LogP contribution in [0.25, 0.3) is 0 Å². The van der Waals surface area contributed by atoms with Gasteiger partial charge in [0.15, 0.2) is 0 Å². The van der Waals surface area contributed by atoms with Crippen LogP contribution in [-0.4, -0.2) is 17.6 Å². The van der Waals surface area contributed by atoms with Gasteiger partial charge in [0, 0.05) is 12.2 Å². The maximum absolute atomic E-state index is 10.2. The normalized spacial score (nSPS) is 9.85. The van der Waals surface area contributed by atoms with Crippen LogP contribution >= 0.6 is 0 Å². The molecular weight excluding hydrogens is 168 g/mol. The van der Waals surface area contributed by atoms with E-state index < -0.39 is 5.97 Å². The second kappa shape index (κ2) is 4.47. The van der Waals surface area contributed by atoms with E-state index in [1.54, 1.807) is 6.07 Å². The summed E-state index contributed by atoms with van der Waals surface area (Å²) in [6.07, 6.45) is 0. The van der Waals surface area contributed by atoms with Crippen molar-refractivity contribution in [2.75, 3.05) is 12.3 Å². The Bertz CT molecular complexity index is 299. The van der Waals surface area contributed by atoms with E-state index in [1.165, 1.54) is 0 Å². The van der Waals surface area contributed by atoms with Gasteiger partial charge in [-0.15, -0.1) is 0 Å². The monoisotopic (exact) mass is 180 g/mol. The molecule has 0 atom stereocenters. The minimum absolute atomic E-state index is 0.0329. The predicted molar refractivity (Wildman–Crippen MR) is 50.2 cm³/mol. The van der Waals surface area contributed by atoms with Crippen LogP contribution in [0.15, 0.2) is 24.3 Å². The summed E-state index contributed by atoms with van der Waals surface area (Å²) in [5, 5.41) is 11.1. The summed E-state index contributed by atoms with van der Waals surface area (Å²) in [7, 11) is 0. The van der Waals surface area contributed by atoms with Crippen molar-refractivity contribution in [3.8, 4) is 0 Å². The molecule has 0 saturated carbocycles. The molecule has 0 spiro atoms. The number of carboxylic acids is 1. The number of hydrogen-bond acceptors (Lipinski definition) is 3. The molecule has 0 saturated heterocycles. The largest absolute Gasteiger partial charge is 0.480 e. The lowest BCUT2D eigenvalue weighted by Crippen LogP contribution is -2.21. The molecule has 4 N–H and O–H groups in total. The van der Waals surface area contributed by atoms with Gasteiger partial charge in [0.25, 0.3) is 0 Å². The molecule has 1 aromatic carbocycles. The first kappa shape index (κ1) is 9.54. The second-order valence-electron chi connectivity index (χ2n) is 2.74. The molecule has 0 aromatic heterocycles. The molecule has 0 aliphatic carbocycles. The zero-order valence-corrected chi connectivity index (χ0v) is 7.16. The van der Waals surface area contributed by atoms with Crippen LogP contribution in [0, 0.1) is 0 Å². The molecule has 0 aliphatic rings. The molecule has 0 unspecified atom stereocenters. The van der Waals surface area contributed by atoms with Gasteiger partial charge in [-0.1, -0.05) is 12.1 Å². The summed E-state index contributed by atoms with van der Waals surface area (Å²) in [5.74, 6) is -0.857. The fourth-order valence-electron chi connectivity index (χ4n) is 1.02. The number of rotatable bonds is 4. The van der Waals surface area contributed by atoms with E-state index in [0.717, 1.165) is 5.56 Å². The number of nitrogens with one attached hydrogen (secondary N) is 1. The van der Waals surface area contributed by atoms with Crippen LogP contribution in [0.2, 0.25) is 0 Å². The van der Waals surface area contributed by atoms with Crippen LogP contribution in [0.4, 0.5) is 5.69 Å². The van der Waals surface area contributed by atoms with Gasteiger partial charge < -0.3 is 16.2 Å². The minimum Gasteiger partial charge on any atom is -0.480 e. The molecule has 4 heteroatoms. The SMILES string of the molecule is Nc1cccc(CNCC(=O)O)c1. The Morgan fingerprint density at radius 1 is 1.54 bits per heavy atom. The highest BCUT2D eigenvalue weighted by atomic mass is 16.4. The quantitative estimate of drug-likeness (QED) is 0.588. The van der Waals surface area contributed by atoms with E-state index >= 15 is 0 Å². The molecule has 4 nitrogen and oxygen atoms in total. The Labute approximate surface area is 76.4 Å². The average molecular weight is 180 g/mol. The Kier molecular flexibility index (Phi) is 3.28. The number of hydrogen-bond donors (Lipinski definition) is 3. The second-order valence-corrected chi connectivity index (χ2v) is 2.74. The lowest BCUT2D eigenvalue weighted by Gasteiger charge is -2.02. The third-order valence-electron chi connectivity index (χ3n) is 1.56. The first-order chi connectivity index (χ1) is 6.18. The van der Waals surface area contributed by atoms with Crippen molar-refractivity contribution in [1.82, 2.24) is 5.32 Å². The maximum atomic E-state index is 10.2. The molecule has 0 radical (unpaired) electrons. The smallest absolute Gasteiger partial charge is 0.317 e. The summed E-state index contributed by atoms with van der Waals surface area (Å²) >= 11 is 0. The van der Waals surface area contributed by atoms with Gasteiger partial charge in [0.2, 0.25) is 0 Å². The third-order valence-corrected chi connectivity index (χ3v) is 1.56. The summed E-state index contributed by atoms with van der Waals surface area (Å²) in [5.41, 5.74) is 7.22. The highest BCUT2D eigenvalue weighted by molar-refractivity contribution is 5.69. The third kappa shape index (κ3) is 3.57. The van der Waals surface area contributed by atoms with Gasteiger partial charge in [-0.2, -0.15) is 0 Å². The lowest BCUT2D eigenvalue weighted by molar-refractivity contribution is -0.135. The van der Waals surface area contributed by atoms with Crippen molar-refractivity contribution < 1.29 is 9.90 Å². The predicted octanol–water partition coefficient (Wildman–Crippen LogP) is 0.443. The summed E-state index contributed by atoms with van der Waals surface area (Å²) in [4.78, 5) is 10.2. The van der Waals surface area contributed by atoms with Crippen LogP contribution in [0.1, 0.15) is 5.56 Å². The van der Waals surface area contributed by atoms with Gasteiger partial charge in [-0.3, -0.25) is 4.79 Å². The number of carbonyl (C=O) groups is 1. The van der Waals surface area contributed by atoms with Crippen LogP contribution < -0.4 is 11.1 Å². The standard InChI is InChI=1S/C9H12N2O2/c10-8-3-1-2-7(4-8)5-11-6-9(12)13/h1-4,11H,5-6,10H2,(H,12,13). The Morgan fingerprint density at radius 2 is 2.31 bits per heavy atom. The highest BCUT2D eigenvalue weighted by Gasteiger charge is 1.96. The molecule has 13 heavy (non-hydrogen) atoms. The zero-order chi connectivity index (χ0) is 9.68. The number of aliphatic carboxylic acids is 1. The molecule has 0 amide bonds. The van der Waals surface area contributed by atoms with Crippen molar-refractivity contribution in [1.29, 1.82) is 0 Å². The molecule has 0 heterocycles. The van der Waals surface area contributed by atoms with Gasteiger partial charge in [-0.05, 0) is 17.7 Å². The minimum atomic E-state index is -0.857. The summed E-state index contributed by atoms with van der Waals surface area (Å²) in [6.45, 7) is 0.492. The molecule has 0 bridgehead atoms. The molecule has 0 fully saturated rings. The van der Waals surface area contributed by atoms with Crippen molar-refractivity contribution in [2.45, 2.75) is 6.54 Å². The Morgan fingerprint density at radius 3 is 2.92 bits per heavy atom. The average Bonchev–Trinajstić information content (AvgIpc) is 2.03. The fraction of sp³-hybridized carbons (Fsp3) is 0.222. The Hall–Kier alpha value is -1.55. The van der Waals surface area contributed by atoms with Crippen molar-refractivity contribution in [3.63, 3.8) is 0 Å². The van der Waals surface area contributed by atoms with E-state index in [-0.39, 0.29) is 6.54 Å². The topological polar surface area (TPSA) is 75.3 Å². The maximum Gasteiger partial charge on any atom is 0.317 e. The summed E-state index contributed by atoms with van der Waals surface area (Å²) in [6, 6.07) is 7.34. The number of nitrogen functional groups attached to an aromatic ring is 1. The van der Waals surface area contributed by atoms with Crippen LogP contribution in [0.3, 0.4) is 0 Å². The van der Waals surface area contributed by atoms with Crippen molar-refractivity contribution in [2.24, 2.45) is 0 Å². The molecule has 0 aliphatic heterocycles. The van der Waals surface area contributed by atoms with E-state index in [0.29, 0.717) is 12.2 Å². The van der Waals surface area contributed by atoms with Gasteiger partial charge in [0.05, 0.1) is 6.54 Å². The van der Waals surface area contributed by atoms with Crippen molar-refractivity contribution in [3.05, 3.63) is 29.8 Å². The number of anilines is 1. The molecule has 70 valence electrons.